The highest BCUT2D eigenvalue weighted by atomic mass is 32.1. The fraction of sp³-hybridized carbons (Fsp3) is 0.250. The molecule has 0 saturated carbocycles. The Labute approximate surface area is 55.7 Å². The first-order valence-corrected chi connectivity index (χ1v) is 1.51. The van der Waals surface area contributed by atoms with E-state index in [4.69, 9.17) is 0 Å². The van der Waals surface area contributed by atoms with Crippen molar-refractivity contribution in [3.63, 3.8) is 0 Å². The van der Waals surface area contributed by atoms with Crippen LogP contribution in [0.5, 0.6) is 0 Å². The van der Waals surface area contributed by atoms with Crippen LogP contribution in [-0.2, 0) is 9.53 Å². The number of carbonyl (C=O) groups is 1. The number of hydrogen-bond donors (Lipinski definition) is 1. The molecule has 0 saturated heterocycles. The Bertz CT molecular complexity index is 74.4. The van der Waals surface area contributed by atoms with Gasteiger partial charge in [0.2, 0.25) is 0 Å². The van der Waals surface area contributed by atoms with Crippen LogP contribution in [0.2, 0.25) is 0 Å². The number of rotatable bonds is 1. The van der Waals surface area contributed by atoms with Crippen molar-refractivity contribution < 1.29 is 9.53 Å². The van der Waals surface area contributed by atoms with Gasteiger partial charge in [0, 0.05) is 6.08 Å². The van der Waals surface area contributed by atoms with Gasteiger partial charge in [-0.05, 0) is 0 Å². The van der Waals surface area contributed by atoms with Crippen LogP contribution >= 0.6 is 13.5 Å². The summed E-state index contributed by atoms with van der Waals surface area (Å²) in [6, 6.07) is 0. The van der Waals surface area contributed by atoms with Crippen LogP contribution in [0.25, 0.3) is 0 Å². The molecule has 0 aromatic carbocycles. The number of carbonyl (C=O) groups excluding carboxylic acids is 1. The minimum Gasteiger partial charge on any atom is -0.466 e. The average molecular weight is 137 g/mol. The first-order chi connectivity index (χ1) is 2.81. The van der Waals surface area contributed by atoms with E-state index in [1.165, 1.54) is 7.11 Å². The third-order valence-electron chi connectivity index (χ3n) is 0.368. The highest BCUT2D eigenvalue weighted by Crippen LogP contribution is 1.67. The lowest BCUT2D eigenvalue weighted by atomic mass is 10.7. The van der Waals surface area contributed by atoms with Crippen molar-refractivity contribution in [1.29, 1.82) is 0 Å². The molecule has 0 aliphatic rings. The summed E-state index contributed by atoms with van der Waals surface area (Å²) >= 11 is 0. The van der Waals surface area contributed by atoms with Crippen LogP contribution in [0.1, 0.15) is 0 Å². The molecule has 3 N–H and O–H groups in total. The standard InChI is InChI=1S/C4H6O2.H3N.H2S/c1-3-4(5)6-2;;/h3H,1H2,2H3;1H3;1H2. The molecule has 0 rings (SSSR count). The molecule has 0 unspecified atom stereocenters. The summed E-state index contributed by atoms with van der Waals surface area (Å²) in [5, 5.41) is 0. The van der Waals surface area contributed by atoms with Gasteiger partial charge in [-0.2, -0.15) is 13.5 Å². The molecular formula is C4H11NO2S. The van der Waals surface area contributed by atoms with Crippen molar-refractivity contribution in [3.8, 4) is 0 Å². The van der Waals surface area contributed by atoms with Gasteiger partial charge < -0.3 is 10.9 Å². The van der Waals surface area contributed by atoms with Crippen LogP contribution in [0, 0.1) is 0 Å². The minimum absolute atomic E-state index is 0. The number of esters is 1. The molecule has 0 atom stereocenters. The van der Waals surface area contributed by atoms with Crippen LogP contribution in [0.15, 0.2) is 12.7 Å². The molecule has 8 heavy (non-hydrogen) atoms. The van der Waals surface area contributed by atoms with E-state index in [2.05, 4.69) is 11.3 Å². The zero-order chi connectivity index (χ0) is 4.99. The first kappa shape index (κ1) is 15.6. The Morgan fingerprint density at radius 2 is 2.12 bits per heavy atom. The average Bonchev–Trinajstić information content (AvgIpc) is 1.65. The maximum Gasteiger partial charge on any atom is 0.329 e. The van der Waals surface area contributed by atoms with Crippen LogP contribution in [0.4, 0.5) is 0 Å². The molecule has 0 aliphatic heterocycles. The number of methoxy groups -OCH3 is 1. The minimum atomic E-state index is -0.394. The smallest absolute Gasteiger partial charge is 0.329 e. The molecule has 0 fully saturated rings. The van der Waals surface area contributed by atoms with Crippen LogP contribution in [0.3, 0.4) is 0 Å². The van der Waals surface area contributed by atoms with E-state index in [-0.39, 0.29) is 19.6 Å². The summed E-state index contributed by atoms with van der Waals surface area (Å²) in [7, 11) is 1.31. The molecule has 0 aliphatic carbocycles. The van der Waals surface area contributed by atoms with Gasteiger partial charge in [0.05, 0.1) is 7.11 Å². The van der Waals surface area contributed by atoms with Crippen molar-refractivity contribution in [2.24, 2.45) is 0 Å². The second-order valence-electron chi connectivity index (χ2n) is 0.727. The van der Waals surface area contributed by atoms with Gasteiger partial charge in [0.1, 0.15) is 0 Å². The third kappa shape index (κ3) is 9.10. The van der Waals surface area contributed by atoms with E-state index in [0.717, 1.165) is 6.08 Å². The SMILES string of the molecule is C=CC(=O)OC.N.S. The van der Waals surface area contributed by atoms with Crippen LogP contribution < -0.4 is 6.15 Å². The lowest BCUT2D eigenvalue weighted by molar-refractivity contribution is -0.134. The van der Waals surface area contributed by atoms with E-state index in [0.29, 0.717) is 0 Å². The summed E-state index contributed by atoms with van der Waals surface area (Å²) in [5.74, 6) is -0.394. The zero-order valence-corrected chi connectivity index (χ0v) is 5.81. The summed E-state index contributed by atoms with van der Waals surface area (Å²) in [6.07, 6.45) is 1.11. The first-order valence-electron chi connectivity index (χ1n) is 1.51. The quantitative estimate of drug-likeness (QED) is 0.425. The van der Waals surface area contributed by atoms with Crippen molar-refractivity contribution in [3.05, 3.63) is 12.7 Å². The summed E-state index contributed by atoms with van der Waals surface area (Å²) in [4.78, 5) is 9.84. The molecule has 50 valence electrons. The Morgan fingerprint density at radius 3 is 2.12 bits per heavy atom. The van der Waals surface area contributed by atoms with Gasteiger partial charge in [-0.25, -0.2) is 4.79 Å². The van der Waals surface area contributed by atoms with E-state index in [9.17, 15) is 4.79 Å². The van der Waals surface area contributed by atoms with Gasteiger partial charge in [-0.3, -0.25) is 0 Å². The highest BCUT2D eigenvalue weighted by molar-refractivity contribution is 7.59. The maximum atomic E-state index is 9.84. The summed E-state index contributed by atoms with van der Waals surface area (Å²) in [6.45, 7) is 3.16. The lowest BCUT2D eigenvalue weighted by Gasteiger charge is -1.83. The topological polar surface area (TPSA) is 61.3 Å². The Balaban J connectivity index is -0.000000125. The molecule has 0 spiro atoms. The van der Waals surface area contributed by atoms with E-state index >= 15 is 0 Å². The zero-order valence-electron chi connectivity index (χ0n) is 4.81. The molecular weight excluding hydrogens is 126 g/mol. The lowest BCUT2D eigenvalue weighted by Crippen LogP contribution is -1.91. The predicted octanol–water partition coefficient (Wildman–Crippen LogP) is 0.620. The molecule has 0 heterocycles. The monoisotopic (exact) mass is 137 g/mol. The molecule has 3 nitrogen and oxygen atoms in total. The molecule has 0 radical (unpaired) electrons. The van der Waals surface area contributed by atoms with Crippen LogP contribution in [-0.4, -0.2) is 13.1 Å². The van der Waals surface area contributed by atoms with E-state index in [1.54, 1.807) is 0 Å². The third-order valence-corrected chi connectivity index (χ3v) is 0.368. The largest absolute Gasteiger partial charge is 0.466 e. The maximum absolute atomic E-state index is 9.84. The highest BCUT2D eigenvalue weighted by Gasteiger charge is 1.81. The molecule has 0 amide bonds. The van der Waals surface area contributed by atoms with Crippen molar-refractivity contribution in [2.45, 2.75) is 0 Å². The van der Waals surface area contributed by atoms with Gasteiger partial charge in [-0.15, -0.1) is 0 Å². The van der Waals surface area contributed by atoms with Gasteiger partial charge in [-0.1, -0.05) is 6.58 Å². The Morgan fingerprint density at radius 1 is 1.75 bits per heavy atom. The second kappa shape index (κ2) is 9.72. The van der Waals surface area contributed by atoms with Gasteiger partial charge >= 0.3 is 5.97 Å². The molecule has 0 bridgehead atoms. The van der Waals surface area contributed by atoms with E-state index in [1.807, 2.05) is 0 Å². The Kier molecular flexibility index (Phi) is 19.0. The second-order valence-corrected chi connectivity index (χ2v) is 0.727. The fourth-order valence-electron chi connectivity index (χ4n) is 0.0833. The number of hydrogen-bond acceptors (Lipinski definition) is 3. The van der Waals surface area contributed by atoms with E-state index < -0.39 is 5.97 Å². The predicted molar refractivity (Wildman–Crippen MR) is 37.6 cm³/mol. The summed E-state index contributed by atoms with van der Waals surface area (Å²) in [5.41, 5.74) is 0. The van der Waals surface area contributed by atoms with Crippen molar-refractivity contribution in [1.82, 2.24) is 6.15 Å². The normalized spacial score (nSPS) is 5.12. The van der Waals surface area contributed by atoms with Crippen molar-refractivity contribution >= 4 is 19.5 Å². The van der Waals surface area contributed by atoms with Gasteiger partial charge in [0.15, 0.2) is 0 Å². The molecule has 0 aromatic rings. The number of ether oxygens (including phenoxy) is 1. The Hall–Kier alpha value is -0.480. The molecule has 0 aromatic heterocycles. The van der Waals surface area contributed by atoms with Gasteiger partial charge in [0.25, 0.3) is 0 Å². The fourth-order valence-corrected chi connectivity index (χ4v) is 0.0833. The van der Waals surface area contributed by atoms with Crippen molar-refractivity contribution in [2.75, 3.05) is 7.11 Å². The summed E-state index contributed by atoms with van der Waals surface area (Å²) < 4.78 is 4.14. The molecule has 4 heteroatoms.